The van der Waals surface area contributed by atoms with E-state index in [9.17, 15) is 13.2 Å². The maximum Gasteiger partial charge on any atom is 0.307 e. The minimum atomic E-state index is -3.76. The number of rotatable bonds is 8. The predicted molar refractivity (Wildman–Crippen MR) is 135 cm³/mol. The molecule has 1 heterocycles. The molecule has 0 amide bonds. The van der Waals surface area contributed by atoms with Crippen molar-refractivity contribution < 1.29 is 22.7 Å². The summed E-state index contributed by atoms with van der Waals surface area (Å²) < 4.78 is 40.3. The quantitative estimate of drug-likeness (QED) is 0.482. The van der Waals surface area contributed by atoms with Crippen molar-refractivity contribution in [2.45, 2.75) is 45.1 Å². The van der Waals surface area contributed by atoms with Crippen LogP contribution in [-0.2, 0) is 30.9 Å². The molecule has 35 heavy (non-hydrogen) atoms. The molecule has 0 saturated carbocycles. The smallest absolute Gasteiger partial charge is 0.307 e. The molecule has 7 heteroatoms. The molecule has 2 aliphatic rings. The Labute approximate surface area is 208 Å². The second-order valence-corrected chi connectivity index (χ2v) is 11.2. The van der Waals surface area contributed by atoms with Crippen LogP contribution >= 0.6 is 0 Å². The number of hydrogen-bond donors (Lipinski definition) is 0. The van der Waals surface area contributed by atoms with Crippen LogP contribution in [0.3, 0.4) is 0 Å². The van der Waals surface area contributed by atoms with Crippen LogP contribution in [0, 0.1) is 18.8 Å². The summed E-state index contributed by atoms with van der Waals surface area (Å²) in [6.45, 7) is 6.70. The topological polar surface area (TPSA) is 72.9 Å². The zero-order valence-electron chi connectivity index (χ0n) is 20.6. The van der Waals surface area contributed by atoms with E-state index in [2.05, 4.69) is 13.0 Å². The van der Waals surface area contributed by atoms with Gasteiger partial charge in [-0.05, 0) is 54.5 Å². The second kappa shape index (κ2) is 10.9. The molecule has 186 valence electrons. The fourth-order valence-electron chi connectivity index (χ4n) is 4.92. The maximum atomic E-state index is 13.6. The van der Waals surface area contributed by atoms with Gasteiger partial charge in [0.05, 0.1) is 24.7 Å². The average molecular weight is 496 g/mol. The van der Waals surface area contributed by atoms with Crippen LogP contribution < -0.4 is 0 Å². The summed E-state index contributed by atoms with van der Waals surface area (Å²) in [5.74, 6) is -0.0522. The highest BCUT2D eigenvalue weighted by atomic mass is 32.2. The Bertz CT molecular complexity index is 1220. The van der Waals surface area contributed by atoms with Crippen LogP contribution in [0.4, 0.5) is 0 Å². The fraction of sp³-hybridized carbons (Fsp3) is 0.393. The summed E-state index contributed by atoms with van der Waals surface area (Å²) in [5, 5.41) is 0. The van der Waals surface area contributed by atoms with Gasteiger partial charge in [0, 0.05) is 19.4 Å². The Morgan fingerprint density at radius 2 is 1.80 bits per heavy atom. The Balaban J connectivity index is 1.65. The highest BCUT2D eigenvalue weighted by Crippen LogP contribution is 2.42. The predicted octanol–water partition coefficient (Wildman–Crippen LogP) is 5.01. The third-order valence-corrected chi connectivity index (χ3v) is 8.55. The normalized spacial score (nSPS) is 20.8. The summed E-state index contributed by atoms with van der Waals surface area (Å²) in [6, 6.07) is 16.8. The molecule has 0 saturated heterocycles. The number of ether oxygens (including phenoxy) is 2. The molecular formula is C28H33NO5S. The molecule has 2 aromatic carbocycles. The average Bonchev–Trinajstić information content (AvgIpc) is 2.84. The number of benzene rings is 2. The SMILES string of the molecule is CCC1=CC[C@H](COCc2ccccc2)[C@H]2CN(S(=O)(=O)c3ccc(C)cc3)CC(OC(C)=O)=C12. The van der Waals surface area contributed by atoms with Gasteiger partial charge in [0.1, 0.15) is 5.76 Å². The molecule has 0 radical (unpaired) electrons. The summed E-state index contributed by atoms with van der Waals surface area (Å²) >= 11 is 0. The van der Waals surface area contributed by atoms with Crippen molar-refractivity contribution in [2.75, 3.05) is 19.7 Å². The van der Waals surface area contributed by atoms with Crippen molar-refractivity contribution in [1.29, 1.82) is 0 Å². The highest BCUT2D eigenvalue weighted by Gasteiger charge is 2.42. The monoisotopic (exact) mass is 495 g/mol. The van der Waals surface area contributed by atoms with Crippen molar-refractivity contribution in [3.8, 4) is 0 Å². The lowest BCUT2D eigenvalue weighted by molar-refractivity contribution is -0.137. The lowest BCUT2D eigenvalue weighted by atomic mass is 9.73. The molecule has 0 fully saturated rings. The molecule has 4 rings (SSSR count). The minimum absolute atomic E-state index is 0.0382. The van der Waals surface area contributed by atoms with Gasteiger partial charge in [-0.25, -0.2) is 8.42 Å². The fourth-order valence-corrected chi connectivity index (χ4v) is 6.34. The van der Waals surface area contributed by atoms with Crippen molar-refractivity contribution in [2.24, 2.45) is 11.8 Å². The number of aryl methyl sites for hydroxylation is 1. The minimum Gasteiger partial charge on any atom is -0.430 e. The number of fused-ring (bicyclic) bond motifs is 1. The molecule has 0 spiro atoms. The van der Waals surface area contributed by atoms with Gasteiger partial charge < -0.3 is 9.47 Å². The summed E-state index contributed by atoms with van der Waals surface area (Å²) in [4.78, 5) is 12.2. The van der Waals surface area contributed by atoms with Crippen LogP contribution in [0.1, 0.15) is 37.8 Å². The lowest BCUT2D eigenvalue weighted by Gasteiger charge is -2.41. The number of carbonyl (C=O) groups excluding carboxylic acids is 1. The van der Waals surface area contributed by atoms with E-state index >= 15 is 0 Å². The van der Waals surface area contributed by atoms with Crippen molar-refractivity contribution >= 4 is 16.0 Å². The first-order valence-electron chi connectivity index (χ1n) is 12.1. The van der Waals surface area contributed by atoms with Gasteiger partial charge in [0.2, 0.25) is 10.0 Å². The Hall–Kier alpha value is -2.74. The third-order valence-electron chi connectivity index (χ3n) is 6.72. The van der Waals surface area contributed by atoms with Gasteiger partial charge in [-0.1, -0.05) is 61.0 Å². The molecule has 1 aliphatic heterocycles. The van der Waals surface area contributed by atoms with Crippen molar-refractivity contribution in [3.05, 3.63) is 88.7 Å². The molecule has 0 bridgehead atoms. The summed E-state index contributed by atoms with van der Waals surface area (Å²) in [5.41, 5.74) is 4.18. The number of allylic oxidation sites excluding steroid dienone is 2. The van der Waals surface area contributed by atoms with Crippen LogP contribution in [0.15, 0.2) is 82.5 Å². The zero-order chi connectivity index (χ0) is 25.0. The van der Waals surface area contributed by atoms with Gasteiger partial charge >= 0.3 is 5.97 Å². The first kappa shape index (κ1) is 25.4. The second-order valence-electron chi connectivity index (χ2n) is 9.23. The van der Waals surface area contributed by atoms with Crippen LogP contribution in [0.5, 0.6) is 0 Å². The standard InChI is InChI=1S/C28H33NO5S/c1-4-23-12-13-24(19-33-18-22-8-6-5-7-9-22)26-16-29(17-27(28(23)26)34-21(3)30)35(31,32)25-14-10-20(2)11-15-25/h5-12,14-15,24,26H,4,13,16-19H2,1-3H3/t24-,26-/m1/s1. The lowest BCUT2D eigenvalue weighted by Crippen LogP contribution is -2.46. The largest absolute Gasteiger partial charge is 0.430 e. The van der Waals surface area contributed by atoms with Crippen LogP contribution in [0.25, 0.3) is 0 Å². The third kappa shape index (κ3) is 5.74. The summed E-state index contributed by atoms with van der Waals surface area (Å²) in [6.07, 6.45) is 3.77. The van der Waals surface area contributed by atoms with Crippen molar-refractivity contribution in [1.82, 2.24) is 4.31 Å². The molecule has 6 nitrogen and oxygen atoms in total. The molecule has 0 aromatic heterocycles. The molecular weight excluding hydrogens is 462 g/mol. The van der Waals surface area contributed by atoms with E-state index in [1.807, 2.05) is 37.3 Å². The Morgan fingerprint density at radius 3 is 2.46 bits per heavy atom. The number of hydrogen-bond acceptors (Lipinski definition) is 5. The highest BCUT2D eigenvalue weighted by molar-refractivity contribution is 7.89. The zero-order valence-corrected chi connectivity index (χ0v) is 21.4. The first-order chi connectivity index (χ1) is 16.8. The van der Waals surface area contributed by atoms with Gasteiger partial charge in [-0.15, -0.1) is 0 Å². The van der Waals surface area contributed by atoms with E-state index in [0.717, 1.165) is 35.1 Å². The number of esters is 1. The van der Waals surface area contributed by atoms with E-state index in [1.54, 1.807) is 24.3 Å². The first-order valence-corrected chi connectivity index (χ1v) is 13.5. The number of nitrogens with zero attached hydrogens (tertiary/aromatic N) is 1. The molecule has 1 aliphatic carbocycles. The Kier molecular flexibility index (Phi) is 7.89. The van der Waals surface area contributed by atoms with Crippen LogP contribution in [0.2, 0.25) is 0 Å². The van der Waals surface area contributed by atoms with Crippen molar-refractivity contribution in [3.63, 3.8) is 0 Å². The molecule has 2 atom stereocenters. The van der Waals surface area contributed by atoms with E-state index < -0.39 is 16.0 Å². The number of sulfonamides is 1. The van der Waals surface area contributed by atoms with Gasteiger partial charge in [-0.3, -0.25) is 4.79 Å². The Morgan fingerprint density at radius 1 is 1.09 bits per heavy atom. The van der Waals surface area contributed by atoms with Gasteiger partial charge in [0.15, 0.2) is 0 Å². The maximum absolute atomic E-state index is 13.6. The van der Waals surface area contributed by atoms with E-state index in [1.165, 1.54) is 11.2 Å². The number of carbonyl (C=O) groups is 1. The molecule has 0 N–H and O–H groups in total. The molecule has 2 aromatic rings. The van der Waals surface area contributed by atoms with E-state index in [0.29, 0.717) is 25.5 Å². The molecule has 0 unspecified atom stereocenters. The van der Waals surface area contributed by atoms with E-state index in [-0.39, 0.29) is 23.3 Å². The van der Waals surface area contributed by atoms with Gasteiger partial charge in [0.25, 0.3) is 0 Å². The van der Waals surface area contributed by atoms with Crippen LogP contribution in [-0.4, -0.2) is 38.4 Å². The summed E-state index contributed by atoms with van der Waals surface area (Å²) in [7, 11) is -3.76. The van der Waals surface area contributed by atoms with E-state index in [4.69, 9.17) is 9.47 Å². The van der Waals surface area contributed by atoms with Gasteiger partial charge in [-0.2, -0.15) is 4.31 Å².